The van der Waals surface area contributed by atoms with E-state index in [4.69, 9.17) is 22.7 Å². The number of ether oxygens (including phenoxy) is 1. The lowest BCUT2D eigenvalue weighted by molar-refractivity contribution is 0.0347. The van der Waals surface area contributed by atoms with Crippen LogP contribution in [0.25, 0.3) is 0 Å². The number of nitrogens with two attached hydrogens (primary N) is 1. The molecule has 0 bridgehead atoms. The van der Waals surface area contributed by atoms with E-state index in [1.54, 1.807) is 6.20 Å². The maximum absolute atomic E-state index is 5.88. The van der Waals surface area contributed by atoms with Gasteiger partial charge in [0.15, 0.2) is 0 Å². The van der Waals surface area contributed by atoms with E-state index in [1.165, 1.54) is 32.1 Å². The van der Waals surface area contributed by atoms with Gasteiger partial charge in [0, 0.05) is 12.7 Å². The van der Waals surface area contributed by atoms with E-state index in [-0.39, 0.29) is 0 Å². The van der Waals surface area contributed by atoms with Gasteiger partial charge in [-0.2, -0.15) is 0 Å². The van der Waals surface area contributed by atoms with Gasteiger partial charge < -0.3 is 15.8 Å². The number of thiocarbonyl (C=S) groups is 1. The van der Waals surface area contributed by atoms with E-state index in [0.29, 0.717) is 17.7 Å². The number of aryl methyl sites for hydroxylation is 1. The summed E-state index contributed by atoms with van der Waals surface area (Å²) in [7, 11) is 0. The average Bonchev–Trinajstić information content (AvgIpc) is 2.44. The Morgan fingerprint density at radius 3 is 2.90 bits per heavy atom. The van der Waals surface area contributed by atoms with Gasteiger partial charge in [0.1, 0.15) is 10.8 Å². The molecule has 1 saturated carbocycles. The van der Waals surface area contributed by atoms with Gasteiger partial charge in [-0.1, -0.05) is 31.5 Å². The molecule has 1 heterocycles. The largest absolute Gasteiger partial charge is 0.389 e. The number of pyridine rings is 1. The maximum atomic E-state index is 5.88. The molecule has 0 amide bonds. The molecule has 1 aromatic heterocycles. The van der Waals surface area contributed by atoms with Crippen molar-refractivity contribution in [3.8, 4) is 0 Å². The second kappa shape index (κ2) is 7.55. The number of anilines is 1. The Bertz CT molecular complexity index is 458. The van der Waals surface area contributed by atoms with Crippen molar-refractivity contribution >= 4 is 23.0 Å². The van der Waals surface area contributed by atoms with Crippen LogP contribution in [0.2, 0.25) is 0 Å². The van der Waals surface area contributed by atoms with Gasteiger partial charge in [0.2, 0.25) is 0 Å². The summed E-state index contributed by atoms with van der Waals surface area (Å²) in [5.41, 5.74) is 7.63. The molecule has 20 heavy (non-hydrogen) atoms. The fraction of sp³-hybridized carbons (Fsp3) is 0.600. The summed E-state index contributed by atoms with van der Waals surface area (Å²) in [4.78, 5) is 4.69. The van der Waals surface area contributed by atoms with Crippen molar-refractivity contribution in [1.29, 1.82) is 0 Å². The molecule has 0 aliphatic heterocycles. The summed E-state index contributed by atoms with van der Waals surface area (Å²) >= 11 is 5.08. The van der Waals surface area contributed by atoms with Gasteiger partial charge in [0.05, 0.1) is 18.3 Å². The molecule has 0 atom stereocenters. The molecule has 0 aromatic carbocycles. The van der Waals surface area contributed by atoms with Crippen molar-refractivity contribution in [1.82, 2.24) is 4.98 Å². The van der Waals surface area contributed by atoms with E-state index in [9.17, 15) is 0 Å². The van der Waals surface area contributed by atoms with Crippen molar-refractivity contribution in [2.75, 3.05) is 18.5 Å². The fourth-order valence-electron chi connectivity index (χ4n) is 2.63. The van der Waals surface area contributed by atoms with Crippen LogP contribution in [-0.4, -0.2) is 29.2 Å². The van der Waals surface area contributed by atoms with Gasteiger partial charge in [-0.15, -0.1) is 0 Å². The van der Waals surface area contributed by atoms with Crippen LogP contribution in [0.4, 0.5) is 5.82 Å². The quantitative estimate of drug-likeness (QED) is 0.624. The highest BCUT2D eigenvalue weighted by molar-refractivity contribution is 7.80. The summed E-state index contributed by atoms with van der Waals surface area (Å²) in [6, 6.07) is 1.91. The normalized spacial score (nSPS) is 16.1. The summed E-state index contributed by atoms with van der Waals surface area (Å²) in [5, 5.41) is 3.27. The molecular weight excluding hydrogens is 270 g/mol. The smallest absolute Gasteiger partial charge is 0.136 e. The number of nitrogens with one attached hydrogen (secondary N) is 1. The van der Waals surface area contributed by atoms with E-state index in [0.717, 1.165) is 23.5 Å². The molecule has 0 spiro atoms. The van der Waals surface area contributed by atoms with Crippen molar-refractivity contribution in [3.05, 3.63) is 23.4 Å². The second-order valence-corrected chi connectivity index (χ2v) is 5.71. The number of hydrogen-bond acceptors (Lipinski definition) is 4. The second-order valence-electron chi connectivity index (χ2n) is 5.27. The third kappa shape index (κ3) is 4.15. The first kappa shape index (κ1) is 15.2. The first-order chi connectivity index (χ1) is 9.68. The maximum Gasteiger partial charge on any atom is 0.136 e. The molecule has 1 fully saturated rings. The number of hydrogen-bond donors (Lipinski definition) is 2. The predicted octanol–water partition coefficient (Wildman–Crippen LogP) is 2.79. The van der Waals surface area contributed by atoms with Crippen LogP contribution >= 0.6 is 12.2 Å². The van der Waals surface area contributed by atoms with Crippen molar-refractivity contribution in [2.45, 2.75) is 45.1 Å². The molecular formula is C15H23N3OS. The summed E-state index contributed by atoms with van der Waals surface area (Å²) in [5.74, 6) is 0.754. The Morgan fingerprint density at radius 2 is 2.20 bits per heavy atom. The van der Waals surface area contributed by atoms with Crippen LogP contribution < -0.4 is 11.1 Å². The third-order valence-corrected chi connectivity index (χ3v) is 3.91. The minimum absolute atomic E-state index is 0.381. The minimum atomic E-state index is 0.381. The van der Waals surface area contributed by atoms with Gasteiger partial charge >= 0.3 is 0 Å². The third-order valence-electron chi connectivity index (χ3n) is 3.71. The molecule has 0 unspecified atom stereocenters. The highest BCUT2D eigenvalue weighted by atomic mass is 32.1. The number of aromatic nitrogens is 1. The standard InChI is InChI=1S/C15H23N3OS/c1-11-7-8-17-15(13(11)14(16)20)18-9-10-19-12-5-3-2-4-6-12/h7-8,12H,2-6,9-10H2,1H3,(H2,16,20)(H,17,18). The zero-order valence-electron chi connectivity index (χ0n) is 12.0. The van der Waals surface area contributed by atoms with Crippen molar-refractivity contribution < 1.29 is 4.74 Å². The lowest BCUT2D eigenvalue weighted by atomic mass is 9.98. The topological polar surface area (TPSA) is 60.2 Å². The monoisotopic (exact) mass is 293 g/mol. The number of rotatable bonds is 6. The van der Waals surface area contributed by atoms with Crippen LogP contribution in [0, 0.1) is 6.92 Å². The van der Waals surface area contributed by atoms with Gasteiger partial charge in [-0.25, -0.2) is 4.98 Å². The van der Waals surface area contributed by atoms with E-state index in [2.05, 4.69) is 10.3 Å². The Morgan fingerprint density at radius 1 is 1.45 bits per heavy atom. The zero-order chi connectivity index (χ0) is 14.4. The van der Waals surface area contributed by atoms with Crippen LogP contribution in [0.1, 0.15) is 43.2 Å². The minimum Gasteiger partial charge on any atom is -0.389 e. The Balaban J connectivity index is 1.82. The molecule has 3 N–H and O–H groups in total. The summed E-state index contributed by atoms with van der Waals surface area (Å²) < 4.78 is 5.88. The molecule has 0 saturated heterocycles. The van der Waals surface area contributed by atoms with Gasteiger partial charge in [-0.3, -0.25) is 0 Å². The molecule has 0 radical (unpaired) electrons. The van der Waals surface area contributed by atoms with Crippen LogP contribution in [0.5, 0.6) is 0 Å². The molecule has 1 aromatic rings. The Labute approximate surface area is 126 Å². The van der Waals surface area contributed by atoms with Crippen LogP contribution in [0.3, 0.4) is 0 Å². The molecule has 2 rings (SSSR count). The van der Waals surface area contributed by atoms with E-state index in [1.807, 2.05) is 13.0 Å². The summed E-state index contributed by atoms with van der Waals surface area (Å²) in [6.07, 6.45) is 8.53. The lowest BCUT2D eigenvalue weighted by Gasteiger charge is -2.22. The average molecular weight is 293 g/mol. The van der Waals surface area contributed by atoms with E-state index >= 15 is 0 Å². The van der Waals surface area contributed by atoms with Crippen LogP contribution in [-0.2, 0) is 4.74 Å². The highest BCUT2D eigenvalue weighted by Gasteiger charge is 2.13. The number of nitrogens with zero attached hydrogens (tertiary/aromatic N) is 1. The molecule has 4 nitrogen and oxygen atoms in total. The SMILES string of the molecule is Cc1ccnc(NCCOC2CCCCC2)c1C(N)=S. The Hall–Kier alpha value is -1.20. The zero-order valence-corrected chi connectivity index (χ0v) is 12.8. The fourth-order valence-corrected chi connectivity index (χ4v) is 2.89. The highest BCUT2D eigenvalue weighted by Crippen LogP contribution is 2.20. The predicted molar refractivity (Wildman–Crippen MR) is 86.2 cm³/mol. The van der Waals surface area contributed by atoms with Crippen LogP contribution in [0.15, 0.2) is 12.3 Å². The molecule has 1 aliphatic carbocycles. The van der Waals surface area contributed by atoms with Gasteiger partial charge in [-0.05, 0) is 31.4 Å². The first-order valence-corrected chi connectivity index (χ1v) is 7.70. The first-order valence-electron chi connectivity index (χ1n) is 7.29. The van der Waals surface area contributed by atoms with Crippen molar-refractivity contribution in [3.63, 3.8) is 0 Å². The summed E-state index contributed by atoms with van der Waals surface area (Å²) in [6.45, 7) is 3.40. The molecule has 1 aliphatic rings. The lowest BCUT2D eigenvalue weighted by Crippen LogP contribution is -2.22. The molecule has 5 heteroatoms. The van der Waals surface area contributed by atoms with E-state index < -0.39 is 0 Å². The Kier molecular flexibility index (Phi) is 5.73. The molecule has 110 valence electrons. The van der Waals surface area contributed by atoms with Crippen molar-refractivity contribution in [2.24, 2.45) is 5.73 Å². The van der Waals surface area contributed by atoms with Gasteiger partial charge in [0.25, 0.3) is 0 Å².